The molecule has 4 aromatic rings. The Labute approximate surface area is 160 Å². The Morgan fingerprint density at radius 1 is 1.04 bits per heavy atom. The molecule has 0 amide bonds. The molecule has 4 rings (SSSR count). The van der Waals surface area contributed by atoms with E-state index in [1.807, 2.05) is 18.2 Å². The van der Waals surface area contributed by atoms with Crippen LogP contribution in [0.1, 0.15) is 23.0 Å². The molecule has 144 valence electrons. The van der Waals surface area contributed by atoms with Crippen LogP contribution in [0.25, 0.3) is 21.8 Å². The van der Waals surface area contributed by atoms with Crippen molar-refractivity contribution in [1.82, 2.24) is 9.03 Å². The summed E-state index contributed by atoms with van der Waals surface area (Å²) in [6.07, 6.45) is 0. The number of para-hydroxylation sites is 1. The first-order valence-electron chi connectivity index (χ1n) is 8.91. The highest BCUT2D eigenvalue weighted by molar-refractivity contribution is 6.07. The number of aromatic nitrogens is 2. The number of fused-ring (bicyclic) bond motifs is 5. The minimum atomic E-state index is -0.471. The van der Waals surface area contributed by atoms with E-state index >= 15 is 0 Å². The molecule has 2 aromatic carbocycles. The molecule has 0 aliphatic rings. The molecule has 0 radical (unpaired) electrons. The first-order chi connectivity index (χ1) is 13.5. The van der Waals surface area contributed by atoms with Crippen LogP contribution in [0.3, 0.4) is 0 Å². The van der Waals surface area contributed by atoms with Gasteiger partial charge in [0.2, 0.25) is 0 Å². The number of hydrogen-bond donors (Lipinski definition) is 0. The van der Waals surface area contributed by atoms with Gasteiger partial charge in [-0.3, -0.25) is 4.79 Å². The molecule has 0 saturated heterocycles. The lowest BCUT2D eigenvalue weighted by atomic mass is 10.1. The summed E-state index contributed by atoms with van der Waals surface area (Å²) < 4.78 is 19.5. The first-order valence-corrected chi connectivity index (χ1v) is 8.91. The molecule has 0 aliphatic heterocycles. The van der Waals surface area contributed by atoms with E-state index < -0.39 is 5.97 Å². The summed E-state index contributed by atoms with van der Waals surface area (Å²) >= 11 is 0. The summed E-state index contributed by atoms with van der Waals surface area (Å²) in [5.74, 6) is 0.475. The Bertz CT molecular complexity index is 1300. The van der Waals surface area contributed by atoms with E-state index in [0.29, 0.717) is 44.6 Å². The molecule has 0 atom stereocenters. The fourth-order valence-corrected chi connectivity index (χ4v) is 3.71. The van der Waals surface area contributed by atoms with Gasteiger partial charge in [-0.1, -0.05) is 12.1 Å². The second-order valence-electron chi connectivity index (χ2n) is 6.35. The summed E-state index contributed by atoms with van der Waals surface area (Å²) in [6, 6.07) is 10.7. The predicted molar refractivity (Wildman–Crippen MR) is 106 cm³/mol. The topological polar surface area (TPSA) is 70.7 Å². The van der Waals surface area contributed by atoms with E-state index in [1.165, 1.54) is 14.2 Å². The molecule has 0 spiro atoms. The van der Waals surface area contributed by atoms with Crippen molar-refractivity contribution in [3.8, 4) is 11.5 Å². The molecule has 2 aromatic heterocycles. The van der Waals surface area contributed by atoms with Crippen LogP contribution in [0, 0.1) is 6.92 Å². The van der Waals surface area contributed by atoms with E-state index in [1.54, 1.807) is 41.1 Å². The van der Waals surface area contributed by atoms with E-state index in [2.05, 4.69) is 0 Å². The summed E-state index contributed by atoms with van der Waals surface area (Å²) in [5, 5.41) is 1.07. The number of esters is 1. The van der Waals surface area contributed by atoms with Gasteiger partial charge >= 0.3 is 5.97 Å². The quantitative estimate of drug-likeness (QED) is 0.509. The Hall–Kier alpha value is -3.48. The van der Waals surface area contributed by atoms with Gasteiger partial charge in [-0.15, -0.1) is 0 Å². The second-order valence-corrected chi connectivity index (χ2v) is 6.35. The molecule has 0 aliphatic carbocycles. The van der Waals surface area contributed by atoms with Gasteiger partial charge in [0.25, 0.3) is 5.56 Å². The molecule has 2 heterocycles. The highest BCUT2D eigenvalue weighted by Crippen LogP contribution is 2.35. The second kappa shape index (κ2) is 6.60. The van der Waals surface area contributed by atoms with Gasteiger partial charge in [-0.05, 0) is 26.0 Å². The normalized spacial score (nSPS) is 11.3. The monoisotopic (exact) mass is 380 g/mol. The van der Waals surface area contributed by atoms with E-state index in [4.69, 9.17) is 14.2 Å². The lowest BCUT2D eigenvalue weighted by Gasteiger charge is -2.17. The number of methoxy groups -OCH3 is 2. The van der Waals surface area contributed by atoms with Gasteiger partial charge in [0.1, 0.15) is 11.5 Å². The molecule has 0 N–H and O–H groups in total. The van der Waals surface area contributed by atoms with Crippen molar-refractivity contribution in [2.45, 2.75) is 13.8 Å². The number of nitrogens with zero attached hydrogens (tertiary/aromatic N) is 2. The number of benzene rings is 2. The van der Waals surface area contributed by atoms with E-state index in [-0.39, 0.29) is 12.2 Å². The summed E-state index contributed by atoms with van der Waals surface area (Å²) in [7, 11) is 3.05. The SMILES string of the molecule is CCOC(=O)c1c(C)n2c3ccccc3c(=O)n2c2cc(OC)cc(OC)c12. The average molecular weight is 380 g/mol. The Balaban J connectivity index is 2.36. The average Bonchev–Trinajstić information content (AvgIpc) is 3.01. The van der Waals surface area contributed by atoms with E-state index in [0.717, 1.165) is 0 Å². The predicted octanol–water partition coefficient (Wildman–Crippen LogP) is 3.21. The van der Waals surface area contributed by atoms with E-state index in [9.17, 15) is 9.59 Å². The highest BCUT2D eigenvalue weighted by atomic mass is 16.5. The number of aryl methyl sites for hydroxylation is 1. The number of rotatable bonds is 4. The summed E-state index contributed by atoms with van der Waals surface area (Å²) in [4.78, 5) is 26.1. The Morgan fingerprint density at radius 3 is 2.46 bits per heavy atom. The molecule has 0 fully saturated rings. The third-order valence-electron chi connectivity index (χ3n) is 4.90. The van der Waals surface area contributed by atoms with Crippen molar-refractivity contribution >= 4 is 27.8 Å². The molecule has 0 saturated carbocycles. The maximum absolute atomic E-state index is 13.2. The van der Waals surface area contributed by atoms with Gasteiger partial charge in [0.05, 0.1) is 53.9 Å². The Morgan fingerprint density at radius 2 is 1.79 bits per heavy atom. The standard InChI is InChI=1S/C21H20N2O5/c1-5-28-21(25)18-12(2)22-15-9-7-6-8-14(15)20(24)23(22)16-10-13(26-3)11-17(27-4)19(16)18/h6-11H,5H2,1-4H3. The number of ether oxygens (including phenoxy) is 3. The zero-order valence-electron chi connectivity index (χ0n) is 16.1. The summed E-state index contributed by atoms with van der Waals surface area (Å²) in [5.41, 5.74) is 1.98. The van der Waals surface area contributed by atoms with Crippen LogP contribution in [0.4, 0.5) is 0 Å². The largest absolute Gasteiger partial charge is 0.497 e. The van der Waals surface area contributed by atoms with Crippen LogP contribution in [-0.2, 0) is 4.74 Å². The first kappa shape index (κ1) is 17.9. The lowest BCUT2D eigenvalue weighted by molar-refractivity contribution is 0.0526. The third kappa shape index (κ3) is 2.36. The maximum atomic E-state index is 13.2. The number of hydrogen-bond acceptors (Lipinski definition) is 5. The van der Waals surface area contributed by atoms with Crippen LogP contribution >= 0.6 is 0 Å². The number of carbonyl (C=O) groups excluding carboxylic acids is 1. The van der Waals surface area contributed by atoms with Crippen molar-refractivity contribution in [3.05, 3.63) is 58.0 Å². The van der Waals surface area contributed by atoms with Crippen molar-refractivity contribution in [2.24, 2.45) is 0 Å². The zero-order valence-corrected chi connectivity index (χ0v) is 16.1. The lowest BCUT2D eigenvalue weighted by Crippen LogP contribution is -2.19. The van der Waals surface area contributed by atoms with Gasteiger partial charge in [-0.2, -0.15) is 0 Å². The molecule has 7 nitrogen and oxygen atoms in total. The minimum Gasteiger partial charge on any atom is -0.497 e. The van der Waals surface area contributed by atoms with Gasteiger partial charge in [0, 0.05) is 12.1 Å². The van der Waals surface area contributed by atoms with Crippen molar-refractivity contribution < 1.29 is 19.0 Å². The summed E-state index contributed by atoms with van der Waals surface area (Å²) in [6.45, 7) is 3.79. The minimum absolute atomic E-state index is 0.186. The smallest absolute Gasteiger partial charge is 0.340 e. The van der Waals surface area contributed by atoms with Crippen LogP contribution in [0.2, 0.25) is 0 Å². The zero-order chi connectivity index (χ0) is 20.0. The molecular weight excluding hydrogens is 360 g/mol. The molecule has 0 bridgehead atoms. The third-order valence-corrected chi connectivity index (χ3v) is 4.90. The van der Waals surface area contributed by atoms with Gasteiger partial charge in [-0.25, -0.2) is 13.8 Å². The van der Waals surface area contributed by atoms with Gasteiger partial charge in [0.15, 0.2) is 0 Å². The maximum Gasteiger partial charge on any atom is 0.340 e. The molecule has 28 heavy (non-hydrogen) atoms. The Kier molecular flexibility index (Phi) is 4.22. The van der Waals surface area contributed by atoms with Crippen molar-refractivity contribution in [3.63, 3.8) is 0 Å². The van der Waals surface area contributed by atoms with Crippen LogP contribution < -0.4 is 15.0 Å². The van der Waals surface area contributed by atoms with Crippen molar-refractivity contribution in [1.29, 1.82) is 0 Å². The van der Waals surface area contributed by atoms with Crippen LogP contribution in [0.15, 0.2) is 41.2 Å². The highest BCUT2D eigenvalue weighted by Gasteiger charge is 2.25. The van der Waals surface area contributed by atoms with Gasteiger partial charge < -0.3 is 14.2 Å². The molecule has 7 heteroatoms. The molecule has 0 unspecified atom stereocenters. The van der Waals surface area contributed by atoms with Crippen LogP contribution in [0.5, 0.6) is 11.5 Å². The number of carbonyl (C=O) groups is 1. The van der Waals surface area contributed by atoms with Crippen LogP contribution in [-0.4, -0.2) is 35.8 Å². The molecular formula is C21H20N2O5. The van der Waals surface area contributed by atoms with Crippen molar-refractivity contribution in [2.75, 3.05) is 20.8 Å². The fraction of sp³-hybridized carbons (Fsp3) is 0.238. The fourth-order valence-electron chi connectivity index (χ4n) is 3.71.